The van der Waals surface area contributed by atoms with Crippen molar-refractivity contribution in [3.05, 3.63) is 42.5 Å². The van der Waals surface area contributed by atoms with Crippen LogP contribution in [0.2, 0.25) is 0 Å². The third-order valence-electron chi connectivity index (χ3n) is 4.62. The second kappa shape index (κ2) is 12.2. The van der Waals surface area contributed by atoms with Crippen LogP contribution in [0.4, 0.5) is 0 Å². The lowest BCUT2D eigenvalue weighted by Gasteiger charge is -2.19. The standard InChI is InChI=1S/C22H32N2O3/c1-3-17-27-20-11-9-19(18-21(20)26-2)10-12-22(25)23-13-8-16-24-14-6-4-5-7-15-24/h3,9-12,18H,1,4-8,13-17H2,2H3,(H,23,25). The number of carbonyl (C=O) groups excluding carboxylic acids is 1. The van der Waals surface area contributed by atoms with E-state index in [1.54, 1.807) is 25.3 Å². The van der Waals surface area contributed by atoms with Gasteiger partial charge in [0, 0.05) is 12.6 Å². The minimum absolute atomic E-state index is 0.0724. The topological polar surface area (TPSA) is 50.8 Å². The number of rotatable bonds is 10. The second-order valence-corrected chi connectivity index (χ2v) is 6.74. The first-order chi connectivity index (χ1) is 13.2. The van der Waals surface area contributed by atoms with Crippen LogP contribution in [0, 0.1) is 0 Å². The number of hydrogen-bond acceptors (Lipinski definition) is 4. The van der Waals surface area contributed by atoms with E-state index in [1.807, 2.05) is 18.2 Å². The summed E-state index contributed by atoms with van der Waals surface area (Å²) in [6, 6.07) is 5.58. The van der Waals surface area contributed by atoms with Gasteiger partial charge in [-0.2, -0.15) is 0 Å². The number of carbonyl (C=O) groups is 1. The van der Waals surface area contributed by atoms with Gasteiger partial charge >= 0.3 is 0 Å². The maximum atomic E-state index is 12.0. The maximum Gasteiger partial charge on any atom is 0.243 e. The number of benzene rings is 1. The summed E-state index contributed by atoms with van der Waals surface area (Å²) in [5, 5.41) is 2.96. The van der Waals surface area contributed by atoms with Gasteiger partial charge in [0.25, 0.3) is 0 Å². The highest BCUT2D eigenvalue weighted by Crippen LogP contribution is 2.28. The van der Waals surface area contributed by atoms with E-state index in [4.69, 9.17) is 9.47 Å². The molecule has 1 aromatic carbocycles. The monoisotopic (exact) mass is 372 g/mol. The summed E-state index contributed by atoms with van der Waals surface area (Å²) in [6.45, 7) is 8.22. The van der Waals surface area contributed by atoms with E-state index in [2.05, 4.69) is 16.8 Å². The predicted octanol–water partition coefficient (Wildman–Crippen LogP) is 3.66. The number of hydrogen-bond donors (Lipinski definition) is 1. The number of likely N-dealkylation sites (tertiary alicyclic amines) is 1. The summed E-state index contributed by atoms with van der Waals surface area (Å²) in [7, 11) is 1.60. The molecular weight excluding hydrogens is 340 g/mol. The molecule has 0 aromatic heterocycles. The molecule has 27 heavy (non-hydrogen) atoms. The van der Waals surface area contributed by atoms with Crippen LogP contribution in [0.25, 0.3) is 6.08 Å². The summed E-state index contributed by atoms with van der Waals surface area (Å²) >= 11 is 0. The third kappa shape index (κ3) is 7.87. The van der Waals surface area contributed by atoms with Crippen molar-refractivity contribution in [1.29, 1.82) is 0 Å². The molecule has 1 saturated heterocycles. The first kappa shape index (κ1) is 21.0. The van der Waals surface area contributed by atoms with Crippen LogP contribution < -0.4 is 14.8 Å². The summed E-state index contributed by atoms with van der Waals surface area (Å²) in [6.07, 6.45) is 11.3. The van der Waals surface area contributed by atoms with Gasteiger partial charge in [-0.15, -0.1) is 0 Å². The Morgan fingerprint density at radius 3 is 2.70 bits per heavy atom. The molecule has 0 atom stereocenters. The highest BCUT2D eigenvalue weighted by molar-refractivity contribution is 5.91. The molecule has 0 bridgehead atoms. The lowest BCUT2D eigenvalue weighted by molar-refractivity contribution is -0.116. The maximum absolute atomic E-state index is 12.0. The highest BCUT2D eigenvalue weighted by Gasteiger charge is 2.08. The van der Waals surface area contributed by atoms with Gasteiger partial charge in [-0.1, -0.05) is 31.6 Å². The normalized spacial score (nSPS) is 15.3. The molecule has 1 aliphatic rings. The Morgan fingerprint density at radius 1 is 1.22 bits per heavy atom. The summed E-state index contributed by atoms with van der Waals surface area (Å²) in [5.41, 5.74) is 0.887. The second-order valence-electron chi connectivity index (χ2n) is 6.74. The first-order valence-corrected chi connectivity index (χ1v) is 9.83. The minimum atomic E-state index is -0.0724. The van der Waals surface area contributed by atoms with Crippen molar-refractivity contribution in [2.45, 2.75) is 32.1 Å². The molecule has 1 aliphatic heterocycles. The molecule has 5 nitrogen and oxygen atoms in total. The molecule has 1 fully saturated rings. The van der Waals surface area contributed by atoms with E-state index < -0.39 is 0 Å². The van der Waals surface area contributed by atoms with Crippen molar-refractivity contribution in [3.8, 4) is 11.5 Å². The van der Waals surface area contributed by atoms with Gasteiger partial charge in [-0.05, 0) is 62.7 Å². The van der Waals surface area contributed by atoms with Crippen LogP contribution in [0.3, 0.4) is 0 Å². The molecule has 148 valence electrons. The zero-order valence-electron chi connectivity index (χ0n) is 16.4. The lowest BCUT2D eigenvalue weighted by Crippen LogP contribution is -2.30. The number of amides is 1. The van der Waals surface area contributed by atoms with Gasteiger partial charge in [0.2, 0.25) is 5.91 Å². The van der Waals surface area contributed by atoms with Crippen LogP contribution >= 0.6 is 0 Å². The van der Waals surface area contributed by atoms with Crippen LogP contribution in [-0.4, -0.2) is 50.7 Å². The fraction of sp³-hybridized carbons (Fsp3) is 0.500. The lowest BCUT2D eigenvalue weighted by atomic mass is 10.2. The van der Waals surface area contributed by atoms with Gasteiger partial charge in [-0.25, -0.2) is 0 Å². The zero-order valence-corrected chi connectivity index (χ0v) is 16.4. The van der Waals surface area contributed by atoms with Crippen molar-refractivity contribution in [3.63, 3.8) is 0 Å². The molecule has 1 aromatic rings. The van der Waals surface area contributed by atoms with Crippen LogP contribution in [-0.2, 0) is 4.79 Å². The Balaban J connectivity index is 1.74. The third-order valence-corrected chi connectivity index (χ3v) is 4.62. The number of ether oxygens (including phenoxy) is 2. The van der Waals surface area contributed by atoms with E-state index >= 15 is 0 Å². The average molecular weight is 373 g/mol. The van der Waals surface area contributed by atoms with Crippen LogP contribution in [0.5, 0.6) is 11.5 Å². The predicted molar refractivity (Wildman–Crippen MR) is 110 cm³/mol. The summed E-state index contributed by atoms with van der Waals surface area (Å²) < 4.78 is 10.9. The number of methoxy groups -OCH3 is 1. The van der Waals surface area contributed by atoms with Gasteiger partial charge in [0.05, 0.1) is 7.11 Å². The molecule has 0 aliphatic carbocycles. The van der Waals surface area contributed by atoms with Crippen LogP contribution in [0.1, 0.15) is 37.7 Å². The Morgan fingerprint density at radius 2 is 2.00 bits per heavy atom. The number of nitrogens with one attached hydrogen (secondary N) is 1. The largest absolute Gasteiger partial charge is 0.493 e. The Labute approximate surface area is 163 Å². The molecule has 1 heterocycles. The van der Waals surface area contributed by atoms with Gasteiger partial charge in [0.1, 0.15) is 6.61 Å². The number of nitrogens with zero attached hydrogens (tertiary/aromatic N) is 1. The molecule has 0 radical (unpaired) electrons. The average Bonchev–Trinajstić information content (AvgIpc) is 2.97. The van der Waals surface area contributed by atoms with E-state index in [0.29, 0.717) is 24.7 Å². The molecule has 2 rings (SSSR count). The van der Waals surface area contributed by atoms with Crippen molar-refractivity contribution in [2.75, 3.05) is 39.9 Å². The van der Waals surface area contributed by atoms with Crippen molar-refractivity contribution in [2.24, 2.45) is 0 Å². The smallest absolute Gasteiger partial charge is 0.243 e. The molecule has 0 saturated carbocycles. The Hall–Kier alpha value is -2.27. The van der Waals surface area contributed by atoms with Crippen molar-refractivity contribution >= 4 is 12.0 Å². The van der Waals surface area contributed by atoms with Gasteiger partial charge in [-0.3, -0.25) is 4.79 Å². The Bertz CT molecular complexity index is 620. The summed E-state index contributed by atoms with van der Waals surface area (Å²) in [4.78, 5) is 14.5. The summed E-state index contributed by atoms with van der Waals surface area (Å²) in [5.74, 6) is 1.22. The van der Waals surface area contributed by atoms with Crippen molar-refractivity contribution < 1.29 is 14.3 Å². The first-order valence-electron chi connectivity index (χ1n) is 9.83. The zero-order chi connectivity index (χ0) is 19.3. The molecule has 1 N–H and O–H groups in total. The fourth-order valence-corrected chi connectivity index (χ4v) is 3.16. The fourth-order valence-electron chi connectivity index (χ4n) is 3.16. The van der Waals surface area contributed by atoms with E-state index in [9.17, 15) is 4.79 Å². The van der Waals surface area contributed by atoms with Crippen molar-refractivity contribution in [1.82, 2.24) is 10.2 Å². The van der Waals surface area contributed by atoms with E-state index in [0.717, 1.165) is 18.5 Å². The quantitative estimate of drug-likeness (QED) is 0.387. The minimum Gasteiger partial charge on any atom is -0.493 e. The molecular formula is C22H32N2O3. The van der Waals surface area contributed by atoms with E-state index in [-0.39, 0.29) is 5.91 Å². The Kier molecular flexibility index (Phi) is 9.49. The van der Waals surface area contributed by atoms with Crippen LogP contribution in [0.15, 0.2) is 36.9 Å². The van der Waals surface area contributed by atoms with Gasteiger partial charge in [0.15, 0.2) is 11.5 Å². The molecule has 0 unspecified atom stereocenters. The SMILES string of the molecule is C=CCOc1ccc(C=CC(=O)NCCCN2CCCCCC2)cc1OC. The molecule has 5 heteroatoms. The van der Waals surface area contributed by atoms with Gasteiger partial charge < -0.3 is 19.7 Å². The van der Waals surface area contributed by atoms with E-state index in [1.165, 1.54) is 38.8 Å². The molecule has 0 spiro atoms. The highest BCUT2D eigenvalue weighted by atomic mass is 16.5. The molecule has 1 amide bonds.